The Hall–Kier alpha value is 0.460. The first-order valence-corrected chi connectivity index (χ1v) is 7.05. The zero-order valence-electron chi connectivity index (χ0n) is 6.84. The van der Waals surface area contributed by atoms with Crippen LogP contribution in [-0.2, 0) is 0 Å². The van der Waals surface area contributed by atoms with Crippen molar-refractivity contribution in [3.63, 3.8) is 0 Å². The summed E-state index contributed by atoms with van der Waals surface area (Å²) in [7, 11) is 0. The molecule has 2 aromatic rings. The first-order chi connectivity index (χ1) is 6.66. The highest BCUT2D eigenvalue weighted by Crippen LogP contribution is 2.39. The minimum atomic E-state index is -0.0798. The maximum absolute atomic E-state index is 6.30. The molecule has 5 heteroatoms. The van der Waals surface area contributed by atoms with Crippen LogP contribution in [-0.4, -0.2) is 0 Å². The molecule has 0 nitrogen and oxygen atoms in total. The van der Waals surface area contributed by atoms with Gasteiger partial charge in [-0.15, -0.1) is 34.3 Å². The van der Waals surface area contributed by atoms with Gasteiger partial charge >= 0.3 is 0 Å². The molecule has 1 atom stereocenters. The lowest BCUT2D eigenvalue weighted by Gasteiger charge is -2.02. The van der Waals surface area contributed by atoms with Crippen LogP contribution in [0.2, 0.25) is 4.34 Å². The topological polar surface area (TPSA) is 0 Å². The van der Waals surface area contributed by atoms with Gasteiger partial charge in [-0.1, -0.05) is 11.6 Å². The fourth-order valence-electron chi connectivity index (χ4n) is 1.07. The molecule has 2 heterocycles. The third-order valence-corrected chi connectivity index (χ3v) is 5.40. The van der Waals surface area contributed by atoms with Gasteiger partial charge in [-0.2, -0.15) is 0 Å². The van der Waals surface area contributed by atoms with Crippen molar-refractivity contribution in [3.05, 3.63) is 42.1 Å². The summed E-state index contributed by atoms with van der Waals surface area (Å²) in [6.45, 7) is 0. The van der Waals surface area contributed by atoms with E-state index < -0.39 is 0 Å². The van der Waals surface area contributed by atoms with E-state index in [9.17, 15) is 0 Å². The first-order valence-electron chi connectivity index (χ1n) is 3.81. The minimum Gasteiger partial charge on any atom is -0.131 e. The Balaban J connectivity index is 2.28. The van der Waals surface area contributed by atoms with Crippen LogP contribution >= 0.6 is 61.8 Å². The standard InChI is InChI=1S/C9H5BrCl2S2/c10-7-3-1-5(13-7)9(12)6-2-4-8(11)14-6/h1-4,9H. The maximum Gasteiger partial charge on any atom is 0.102 e. The summed E-state index contributed by atoms with van der Waals surface area (Å²) in [6, 6.07) is 7.88. The number of halogens is 3. The van der Waals surface area contributed by atoms with Gasteiger partial charge in [-0.05, 0) is 40.2 Å². The van der Waals surface area contributed by atoms with Crippen LogP contribution in [0, 0.1) is 0 Å². The fourth-order valence-corrected chi connectivity index (χ4v) is 4.04. The van der Waals surface area contributed by atoms with Crippen molar-refractivity contribution in [3.8, 4) is 0 Å². The van der Waals surface area contributed by atoms with Gasteiger partial charge in [0.15, 0.2) is 0 Å². The average Bonchev–Trinajstić information content (AvgIpc) is 2.73. The number of hydrogen-bond donors (Lipinski definition) is 0. The lowest BCUT2D eigenvalue weighted by molar-refractivity contribution is 1.24. The van der Waals surface area contributed by atoms with E-state index >= 15 is 0 Å². The maximum atomic E-state index is 6.30. The van der Waals surface area contributed by atoms with Gasteiger partial charge in [-0.3, -0.25) is 0 Å². The Morgan fingerprint density at radius 1 is 1.07 bits per heavy atom. The molecule has 0 spiro atoms. The average molecular weight is 328 g/mol. The largest absolute Gasteiger partial charge is 0.131 e. The van der Waals surface area contributed by atoms with Crippen molar-refractivity contribution in [1.29, 1.82) is 0 Å². The Labute approximate surface area is 109 Å². The number of alkyl halides is 1. The van der Waals surface area contributed by atoms with Gasteiger partial charge in [-0.25, -0.2) is 0 Å². The van der Waals surface area contributed by atoms with Crippen LogP contribution in [0.4, 0.5) is 0 Å². The predicted molar refractivity (Wildman–Crippen MR) is 69.0 cm³/mol. The zero-order chi connectivity index (χ0) is 10.1. The number of hydrogen-bond acceptors (Lipinski definition) is 2. The molecule has 2 aromatic heterocycles. The first kappa shape index (κ1) is 11.0. The Morgan fingerprint density at radius 2 is 1.71 bits per heavy atom. The molecule has 1 unspecified atom stereocenters. The lowest BCUT2D eigenvalue weighted by atomic mass is 10.3. The Morgan fingerprint density at radius 3 is 2.21 bits per heavy atom. The molecule has 0 amide bonds. The van der Waals surface area contributed by atoms with Crippen molar-refractivity contribution >= 4 is 61.8 Å². The van der Waals surface area contributed by atoms with E-state index in [1.807, 2.05) is 24.3 Å². The van der Waals surface area contributed by atoms with Crippen molar-refractivity contribution in [1.82, 2.24) is 0 Å². The van der Waals surface area contributed by atoms with Crippen LogP contribution in [0.15, 0.2) is 28.1 Å². The molecule has 74 valence electrons. The molecule has 0 aliphatic heterocycles. The summed E-state index contributed by atoms with van der Waals surface area (Å²) in [4.78, 5) is 2.23. The smallest absolute Gasteiger partial charge is 0.102 e. The fraction of sp³-hybridized carbons (Fsp3) is 0.111. The summed E-state index contributed by atoms with van der Waals surface area (Å²) >= 11 is 18.7. The molecule has 0 aromatic carbocycles. The van der Waals surface area contributed by atoms with Gasteiger partial charge in [0.1, 0.15) is 5.38 Å². The monoisotopic (exact) mass is 326 g/mol. The van der Waals surface area contributed by atoms with E-state index in [2.05, 4.69) is 15.9 Å². The van der Waals surface area contributed by atoms with Crippen molar-refractivity contribution in [2.75, 3.05) is 0 Å². The zero-order valence-corrected chi connectivity index (χ0v) is 11.6. The van der Waals surface area contributed by atoms with Crippen LogP contribution in [0.1, 0.15) is 15.1 Å². The number of thiophene rings is 2. The van der Waals surface area contributed by atoms with Gasteiger partial charge in [0.25, 0.3) is 0 Å². The van der Waals surface area contributed by atoms with E-state index in [0.29, 0.717) is 0 Å². The van der Waals surface area contributed by atoms with E-state index in [1.54, 1.807) is 11.3 Å². The molecule has 0 bridgehead atoms. The van der Waals surface area contributed by atoms with Crippen molar-refractivity contribution in [2.45, 2.75) is 5.38 Å². The molecule has 2 rings (SSSR count). The summed E-state index contributed by atoms with van der Waals surface area (Å²) in [5.74, 6) is 0. The van der Waals surface area contributed by atoms with Gasteiger partial charge in [0.2, 0.25) is 0 Å². The highest BCUT2D eigenvalue weighted by atomic mass is 79.9. The molecule has 0 saturated carbocycles. The van der Waals surface area contributed by atoms with Crippen molar-refractivity contribution in [2.24, 2.45) is 0 Å². The highest BCUT2D eigenvalue weighted by Gasteiger charge is 2.14. The molecule has 0 fully saturated rings. The molecular formula is C9H5BrCl2S2. The second-order valence-corrected chi connectivity index (χ2v) is 7.32. The second kappa shape index (κ2) is 4.54. The molecule has 0 aliphatic carbocycles. The quantitative estimate of drug-likeness (QED) is 0.634. The molecule has 0 N–H and O–H groups in total. The van der Waals surface area contributed by atoms with E-state index in [-0.39, 0.29) is 5.38 Å². The minimum absolute atomic E-state index is 0.0798. The summed E-state index contributed by atoms with van der Waals surface area (Å²) in [6.07, 6.45) is 0. The number of rotatable bonds is 2. The van der Waals surface area contributed by atoms with Gasteiger partial charge in [0, 0.05) is 9.75 Å². The molecule has 14 heavy (non-hydrogen) atoms. The van der Waals surface area contributed by atoms with E-state index in [1.165, 1.54) is 11.3 Å². The lowest BCUT2D eigenvalue weighted by Crippen LogP contribution is -1.83. The molecular weight excluding hydrogens is 323 g/mol. The van der Waals surface area contributed by atoms with Crippen molar-refractivity contribution < 1.29 is 0 Å². The van der Waals surface area contributed by atoms with E-state index in [4.69, 9.17) is 23.2 Å². The van der Waals surface area contributed by atoms with Crippen LogP contribution in [0.5, 0.6) is 0 Å². The van der Waals surface area contributed by atoms with Crippen LogP contribution < -0.4 is 0 Å². The normalized spacial score (nSPS) is 13.1. The molecule has 0 saturated heterocycles. The second-order valence-electron chi connectivity index (χ2n) is 2.65. The van der Waals surface area contributed by atoms with Crippen LogP contribution in [0.3, 0.4) is 0 Å². The third kappa shape index (κ3) is 2.34. The predicted octanol–water partition coefficient (Wildman–Crippen LogP) is 5.55. The third-order valence-electron chi connectivity index (χ3n) is 1.69. The van der Waals surface area contributed by atoms with Crippen LogP contribution in [0.25, 0.3) is 0 Å². The van der Waals surface area contributed by atoms with Gasteiger partial charge in [0.05, 0.1) is 8.12 Å². The molecule has 0 radical (unpaired) electrons. The summed E-state index contributed by atoms with van der Waals surface area (Å²) in [5, 5.41) is -0.0798. The highest BCUT2D eigenvalue weighted by molar-refractivity contribution is 9.11. The van der Waals surface area contributed by atoms with E-state index in [0.717, 1.165) is 17.9 Å². The summed E-state index contributed by atoms with van der Waals surface area (Å²) < 4.78 is 1.88. The molecule has 0 aliphatic rings. The Kier molecular flexibility index (Phi) is 3.55. The SMILES string of the molecule is Clc1ccc(C(Cl)c2ccc(Br)s2)s1. The Bertz CT molecular complexity index is 395. The summed E-state index contributed by atoms with van der Waals surface area (Å²) in [5.41, 5.74) is 0. The van der Waals surface area contributed by atoms with Gasteiger partial charge < -0.3 is 0 Å².